The minimum absolute atomic E-state index is 0.0456. The van der Waals surface area contributed by atoms with Gasteiger partial charge in [0.15, 0.2) is 0 Å². The number of nitrogens with zero attached hydrogens (tertiary/aromatic N) is 3. The van der Waals surface area contributed by atoms with Crippen LogP contribution in [0.25, 0.3) is 0 Å². The Hall–Kier alpha value is -1.66. The standard InChI is InChI=1S/C12H15N3O2S/c1-15(7-11-6-12(17-2)14-18-11)10-3-4-13-9(5-10)8-16/h3-6,16H,7-8H2,1-2H3. The van der Waals surface area contributed by atoms with Gasteiger partial charge in [0.05, 0.1) is 26.0 Å². The SMILES string of the molecule is COc1cc(CN(C)c2ccnc(CO)c2)sn1. The van der Waals surface area contributed by atoms with Crippen LogP contribution in [0.2, 0.25) is 0 Å². The molecule has 0 bridgehead atoms. The van der Waals surface area contributed by atoms with Crippen molar-refractivity contribution < 1.29 is 9.84 Å². The number of hydrogen-bond acceptors (Lipinski definition) is 6. The monoisotopic (exact) mass is 265 g/mol. The number of ether oxygens (including phenoxy) is 1. The third kappa shape index (κ3) is 2.96. The highest BCUT2D eigenvalue weighted by atomic mass is 32.1. The highest BCUT2D eigenvalue weighted by Crippen LogP contribution is 2.21. The van der Waals surface area contributed by atoms with E-state index in [1.807, 2.05) is 25.2 Å². The lowest BCUT2D eigenvalue weighted by atomic mass is 10.3. The molecular weight excluding hydrogens is 250 g/mol. The van der Waals surface area contributed by atoms with Crippen molar-refractivity contribution in [3.63, 3.8) is 0 Å². The summed E-state index contributed by atoms with van der Waals surface area (Å²) < 4.78 is 9.21. The van der Waals surface area contributed by atoms with Crippen molar-refractivity contribution in [1.82, 2.24) is 9.36 Å². The van der Waals surface area contributed by atoms with Crippen LogP contribution in [-0.4, -0.2) is 28.6 Å². The first-order chi connectivity index (χ1) is 8.72. The normalized spacial score (nSPS) is 10.4. The van der Waals surface area contributed by atoms with Crippen LogP contribution in [0.1, 0.15) is 10.6 Å². The van der Waals surface area contributed by atoms with E-state index in [2.05, 4.69) is 14.3 Å². The Labute approximate surface area is 110 Å². The predicted octanol–water partition coefficient (Wildman–Crippen LogP) is 1.68. The van der Waals surface area contributed by atoms with Gasteiger partial charge in [0.25, 0.3) is 0 Å². The van der Waals surface area contributed by atoms with E-state index in [0.29, 0.717) is 11.6 Å². The number of anilines is 1. The van der Waals surface area contributed by atoms with Gasteiger partial charge in [0.1, 0.15) is 0 Å². The van der Waals surface area contributed by atoms with Gasteiger partial charge in [-0.1, -0.05) is 0 Å². The van der Waals surface area contributed by atoms with Gasteiger partial charge < -0.3 is 14.7 Å². The number of aromatic nitrogens is 2. The molecule has 0 saturated carbocycles. The summed E-state index contributed by atoms with van der Waals surface area (Å²) in [5.74, 6) is 0.647. The Morgan fingerprint density at radius 3 is 2.94 bits per heavy atom. The summed E-state index contributed by atoms with van der Waals surface area (Å²) in [4.78, 5) is 7.26. The quantitative estimate of drug-likeness (QED) is 0.891. The van der Waals surface area contributed by atoms with E-state index in [-0.39, 0.29) is 6.61 Å². The minimum Gasteiger partial charge on any atom is -0.480 e. The van der Waals surface area contributed by atoms with Crippen LogP contribution in [0.3, 0.4) is 0 Å². The summed E-state index contributed by atoms with van der Waals surface area (Å²) >= 11 is 1.43. The minimum atomic E-state index is -0.0456. The zero-order chi connectivity index (χ0) is 13.0. The second-order valence-electron chi connectivity index (χ2n) is 3.86. The molecule has 0 aliphatic carbocycles. The van der Waals surface area contributed by atoms with E-state index in [1.54, 1.807) is 13.3 Å². The lowest BCUT2D eigenvalue weighted by molar-refractivity contribution is 0.277. The van der Waals surface area contributed by atoms with E-state index < -0.39 is 0 Å². The van der Waals surface area contributed by atoms with Gasteiger partial charge in [-0.05, 0) is 23.7 Å². The lowest BCUT2D eigenvalue weighted by Gasteiger charge is -2.18. The van der Waals surface area contributed by atoms with Gasteiger partial charge in [0.2, 0.25) is 5.88 Å². The van der Waals surface area contributed by atoms with Crippen LogP contribution in [0.15, 0.2) is 24.4 Å². The summed E-state index contributed by atoms with van der Waals surface area (Å²) in [7, 11) is 3.60. The van der Waals surface area contributed by atoms with E-state index in [0.717, 1.165) is 17.1 Å². The van der Waals surface area contributed by atoms with Crippen molar-refractivity contribution >= 4 is 17.2 Å². The number of pyridine rings is 1. The highest BCUT2D eigenvalue weighted by molar-refractivity contribution is 7.05. The summed E-state index contributed by atoms with van der Waals surface area (Å²) in [5, 5.41) is 9.06. The molecule has 2 aromatic heterocycles. The fraction of sp³-hybridized carbons (Fsp3) is 0.333. The molecule has 2 aromatic rings. The van der Waals surface area contributed by atoms with Gasteiger partial charge in [0, 0.05) is 29.9 Å². The zero-order valence-electron chi connectivity index (χ0n) is 10.3. The molecule has 0 atom stereocenters. The average molecular weight is 265 g/mol. The molecule has 1 N–H and O–H groups in total. The Morgan fingerprint density at radius 2 is 2.28 bits per heavy atom. The highest BCUT2D eigenvalue weighted by Gasteiger charge is 2.07. The largest absolute Gasteiger partial charge is 0.480 e. The van der Waals surface area contributed by atoms with Gasteiger partial charge in [-0.3, -0.25) is 4.98 Å². The molecule has 0 radical (unpaired) electrons. The molecule has 18 heavy (non-hydrogen) atoms. The van der Waals surface area contributed by atoms with Gasteiger partial charge in [-0.15, -0.1) is 0 Å². The van der Waals surface area contributed by atoms with Gasteiger partial charge in [-0.25, -0.2) is 0 Å². The van der Waals surface area contributed by atoms with Crippen molar-refractivity contribution in [2.45, 2.75) is 13.2 Å². The molecule has 0 aliphatic rings. The van der Waals surface area contributed by atoms with Crippen molar-refractivity contribution in [3.05, 3.63) is 35.0 Å². The molecular formula is C12H15N3O2S. The van der Waals surface area contributed by atoms with Gasteiger partial charge >= 0.3 is 0 Å². The van der Waals surface area contributed by atoms with Crippen LogP contribution in [0.4, 0.5) is 5.69 Å². The summed E-state index contributed by atoms with van der Waals surface area (Å²) in [6.45, 7) is 0.700. The van der Waals surface area contributed by atoms with E-state index in [9.17, 15) is 0 Å². The maximum absolute atomic E-state index is 9.06. The lowest BCUT2D eigenvalue weighted by Crippen LogP contribution is -2.15. The van der Waals surface area contributed by atoms with E-state index >= 15 is 0 Å². The topological polar surface area (TPSA) is 58.5 Å². The summed E-state index contributed by atoms with van der Waals surface area (Å²) in [5.41, 5.74) is 1.68. The molecule has 96 valence electrons. The van der Waals surface area contributed by atoms with Crippen LogP contribution in [0.5, 0.6) is 5.88 Å². The molecule has 2 rings (SSSR count). The third-order valence-corrected chi connectivity index (χ3v) is 3.30. The van der Waals surface area contributed by atoms with Crippen molar-refractivity contribution in [2.24, 2.45) is 0 Å². The molecule has 0 unspecified atom stereocenters. The molecule has 0 fully saturated rings. The van der Waals surface area contributed by atoms with E-state index in [4.69, 9.17) is 9.84 Å². The second-order valence-corrected chi connectivity index (χ2v) is 4.74. The Bertz CT molecular complexity index is 516. The maximum atomic E-state index is 9.06. The Morgan fingerprint density at radius 1 is 1.44 bits per heavy atom. The molecule has 0 spiro atoms. The first kappa shape index (κ1) is 12.8. The van der Waals surface area contributed by atoms with Crippen LogP contribution in [0, 0.1) is 0 Å². The number of aliphatic hydroxyl groups is 1. The fourth-order valence-corrected chi connectivity index (χ4v) is 2.32. The zero-order valence-corrected chi connectivity index (χ0v) is 11.1. The van der Waals surface area contributed by atoms with Crippen molar-refractivity contribution in [1.29, 1.82) is 0 Å². The smallest absolute Gasteiger partial charge is 0.225 e. The van der Waals surface area contributed by atoms with E-state index in [1.165, 1.54) is 11.5 Å². The summed E-state index contributed by atoms with van der Waals surface area (Å²) in [6.07, 6.45) is 1.70. The fourth-order valence-electron chi connectivity index (χ4n) is 1.58. The Kier molecular flexibility index (Phi) is 4.11. The molecule has 0 aliphatic heterocycles. The van der Waals surface area contributed by atoms with Crippen molar-refractivity contribution in [2.75, 3.05) is 19.1 Å². The average Bonchev–Trinajstić information content (AvgIpc) is 2.86. The van der Waals surface area contributed by atoms with Crippen LogP contribution in [-0.2, 0) is 13.2 Å². The number of rotatable bonds is 5. The number of aliphatic hydroxyl groups excluding tert-OH is 1. The molecule has 0 amide bonds. The molecule has 5 nitrogen and oxygen atoms in total. The molecule has 0 aromatic carbocycles. The first-order valence-electron chi connectivity index (χ1n) is 5.49. The van der Waals surface area contributed by atoms with Gasteiger partial charge in [-0.2, -0.15) is 4.37 Å². The first-order valence-corrected chi connectivity index (χ1v) is 6.26. The van der Waals surface area contributed by atoms with Crippen molar-refractivity contribution in [3.8, 4) is 5.88 Å². The second kappa shape index (κ2) is 5.79. The number of methoxy groups -OCH3 is 1. The van der Waals surface area contributed by atoms with Crippen LogP contribution < -0.4 is 9.64 Å². The summed E-state index contributed by atoms with van der Waals surface area (Å²) in [6, 6.07) is 5.71. The molecule has 0 saturated heterocycles. The molecule has 2 heterocycles. The predicted molar refractivity (Wildman–Crippen MR) is 70.9 cm³/mol. The number of hydrogen-bond donors (Lipinski definition) is 1. The Balaban J connectivity index is 2.08. The third-order valence-electron chi connectivity index (χ3n) is 2.54. The molecule has 6 heteroatoms. The maximum Gasteiger partial charge on any atom is 0.225 e. The van der Waals surface area contributed by atoms with Crippen LogP contribution >= 0.6 is 11.5 Å².